The fourth-order valence-corrected chi connectivity index (χ4v) is 2.94. The van der Waals surface area contributed by atoms with Gasteiger partial charge in [-0.15, -0.1) is 0 Å². The lowest BCUT2D eigenvalue weighted by atomic mass is 9.98. The van der Waals surface area contributed by atoms with Crippen LogP contribution >= 0.6 is 12.2 Å². The van der Waals surface area contributed by atoms with Crippen molar-refractivity contribution in [2.45, 2.75) is 38.3 Å². The summed E-state index contributed by atoms with van der Waals surface area (Å²) in [5.41, 5.74) is 7.18. The number of nitrogens with two attached hydrogens (primary N) is 1. The van der Waals surface area contributed by atoms with Crippen molar-refractivity contribution < 1.29 is 9.84 Å². The summed E-state index contributed by atoms with van der Waals surface area (Å²) in [7, 11) is 1.62. The molecule has 4 nitrogen and oxygen atoms in total. The van der Waals surface area contributed by atoms with Crippen molar-refractivity contribution in [1.29, 1.82) is 0 Å². The molecule has 0 amide bonds. The molecule has 1 atom stereocenters. The van der Waals surface area contributed by atoms with Crippen LogP contribution in [0, 0.1) is 0 Å². The highest BCUT2D eigenvalue weighted by Crippen LogP contribution is 2.24. The maximum atomic E-state index is 10.1. The summed E-state index contributed by atoms with van der Waals surface area (Å²) < 4.78 is 5.28. The van der Waals surface area contributed by atoms with Gasteiger partial charge in [-0.3, -0.25) is 4.90 Å². The lowest BCUT2D eigenvalue weighted by Gasteiger charge is -2.22. The van der Waals surface area contributed by atoms with Crippen molar-refractivity contribution >= 4 is 17.2 Å². The van der Waals surface area contributed by atoms with Crippen LogP contribution in [0.1, 0.15) is 37.3 Å². The summed E-state index contributed by atoms with van der Waals surface area (Å²) in [4.78, 5) is 2.72. The van der Waals surface area contributed by atoms with Crippen molar-refractivity contribution in [2.24, 2.45) is 5.73 Å². The van der Waals surface area contributed by atoms with E-state index in [1.165, 1.54) is 5.56 Å². The molecule has 1 aliphatic heterocycles. The summed E-state index contributed by atoms with van der Waals surface area (Å²) in [5, 5.41) is 10.1. The molecule has 0 spiro atoms. The Morgan fingerprint density at radius 1 is 1.43 bits per heavy atom. The van der Waals surface area contributed by atoms with Crippen LogP contribution in [0.5, 0.6) is 5.75 Å². The SMILES string of the molecule is COc1ccc(CN2CCCC(C)(O)CC2)cc1C(N)=S. The molecule has 1 heterocycles. The van der Waals surface area contributed by atoms with Gasteiger partial charge in [0.15, 0.2) is 0 Å². The summed E-state index contributed by atoms with van der Waals surface area (Å²) in [6.07, 6.45) is 2.70. The third-order valence-electron chi connectivity index (χ3n) is 4.09. The van der Waals surface area contributed by atoms with Gasteiger partial charge in [0.05, 0.1) is 18.3 Å². The van der Waals surface area contributed by atoms with Crippen LogP contribution in [0.2, 0.25) is 0 Å². The van der Waals surface area contributed by atoms with E-state index in [-0.39, 0.29) is 0 Å². The highest BCUT2D eigenvalue weighted by molar-refractivity contribution is 7.80. The van der Waals surface area contributed by atoms with Crippen molar-refractivity contribution in [1.82, 2.24) is 4.90 Å². The molecule has 21 heavy (non-hydrogen) atoms. The van der Waals surface area contributed by atoms with Crippen LogP contribution in [0.4, 0.5) is 0 Å². The average Bonchev–Trinajstić information content (AvgIpc) is 2.60. The number of hydrogen-bond acceptors (Lipinski definition) is 4. The molecule has 116 valence electrons. The van der Waals surface area contributed by atoms with E-state index < -0.39 is 5.60 Å². The van der Waals surface area contributed by atoms with Crippen LogP contribution in [0.25, 0.3) is 0 Å². The van der Waals surface area contributed by atoms with E-state index in [1.807, 2.05) is 25.1 Å². The molecule has 0 aliphatic carbocycles. The average molecular weight is 308 g/mol. The summed E-state index contributed by atoms with van der Waals surface area (Å²) in [6, 6.07) is 5.96. The van der Waals surface area contributed by atoms with E-state index in [9.17, 15) is 5.11 Å². The monoisotopic (exact) mass is 308 g/mol. The van der Waals surface area contributed by atoms with Crippen molar-refractivity contribution in [3.05, 3.63) is 29.3 Å². The minimum atomic E-state index is -0.529. The molecule has 0 aromatic heterocycles. The van der Waals surface area contributed by atoms with E-state index in [0.717, 1.165) is 44.5 Å². The molecule has 2 rings (SSSR count). The third kappa shape index (κ3) is 4.40. The predicted molar refractivity (Wildman–Crippen MR) is 88.6 cm³/mol. The fourth-order valence-electron chi connectivity index (χ4n) is 2.78. The van der Waals surface area contributed by atoms with E-state index in [1.54, 1.807) is 7.11 Å². The number of methoxy groups -OCH3 is 1. The van der Waals surface area contributed by atoms with Gasteiger partial charge >= 0.3 is 0 Å². The zero-order chi connectivity index (χ0) is 15.5. The minimum Gasteiger partial charge on any atom is -0.496 e. The van der Waals surface area contributed by atoms with Gasteiger partial charge in [-0.2, -0.15) is 0 Å². The molecule has 0 bridgehead atoms. The zero-order valence-electron chi connectivity index (χ0n) is 12.8. The topological polar surface area (TPSA) is 58.7 Å². The first-order valence-electron chi connectivity index (χ1n) is 7.33. The summed E-state index contributed by atoms with van der Waals surface area (Å²) >= 11 is 5.08. The van der Waals surface area contributed by atoms with Gasteiger partial charge in [-0.25, -0.2) is 0 Å². The molecule has 1 aliphatic rings. The maximum Gasteiger partial charge on any atom is 0.129 e. The molecule has 0 saturated carbocycles. The van der Waals surface area contributed by atoms with Gasteiger partial charge in [0, 0.05) is 13.1 Å². The van der Waals surface area contributed by atoms with Crippen molar-refractivity contribution in [3.63, 3.8) is 0 Å². The van der Waals surface area contributed by atoms with Gasteiger partial charge in [0.1, 0.15) is 10.7 Å². The van der Waals surface area contributed by atoms with Gasteiger partial charge < -0.3 is 15.6 Å². The van der Waals surface area contributed by atoms with E-state index in [2.05, 4.69) is 4.90 Å². The van der Waals surface area contributed by atoms with E-state index in [4.69, 9.17) is 22.7 Å². The first-order chi connectivity index (χ1) is 9.91. The Kier molecular flexibility index (Phi) is 5.19. The Bertz CT molecular complexity index is 517. The van der Waals surface area contributed by atoms with Crippen LogP contribution < -0.4 is 10.5 Å². The second-order valence-corrected chi connectivity index (χ2v) is 6.47. The zero-order valence-corrected chi connectivity index (χ0v) is 13.6. The first kappa shape index (κ1) is 16.2. The second-order valence-electron chi connectivity index (χ2n) is 6.03. The quantitative estimate of drug-likeness (QED) is 0.834. The molecule has 1 aromatic rings. The van der Waals surface area contributed by atoms with Crippen LogP contribution in [-0.4, -0.2) is 40.8 Å². The number of thiocarbonyl (C=S) groups is 1. The van der Waals surface area contributed by atoms with Gasteiger partial charge in [0.2, 0.25) is 0 Å². The van der Waals surface area contributed by atoms with E-state index in [0.29, 0.717) is 10.7 Å². The highest BCUT2D eigenvalue weighted by atomic mass is 32.1. The molecular weight excluding hydrogens is 284 g/mol. The van der Waals surface area contributed by atoms with Crippen LogP contribution in [0.15, 0.2) is 18.2 Å². The normalized spacial score (nSPS) is 23.6. The van der Waals surface area contributed by atoms with Crippen molar-refractivity contribution in [2.75, 3.05) is 20.2 Å². The van der Waals surface area contributed by atoms with Gasteiger partial charge in [0.25, 0.3) is 0 Å². The predicted octanol–water partition coefficient (Wildman–Crippen LogP) is 2.07. The summed E-state index contributed by atoms with van der Waals surface area (Å²) in [5.74, 6) is 0.713. The molecular formula is C16H24N2O2S. The van der Waals surface area contributed by atoms with Crippen LogP contribution in [0.3, 0.4) is 0 Å². The van der Waals surface area contributed by atoms with Crippen molar-refractivity contribution in [3.8, 4) is 5.75 Å². The van der Waals surface area contributed by atoms with Gasteiger partial charge in [-0.05, 0) is 50.4 Å². The van der Waals surface area contributed by atoms with E-state index >= 15 is 0 Å². The Labute approximate surface area is 131 Å². The molecule has 1 fully saturated rings. The number of hydrogen-bond donors (Lipinski definition) is 2. The lowest BCUT2D eigenvalue weighted by molar-refractivity contribution is 0.0444. The largest absolute Gasteiger partial charge is 0.496 e. The number of aliphatic hydroxyl groups is 1. The Morgan fingerprint density at radius 2 is 2.19 bits per heavy atom. The fraction of sp³-hybridized carbons (Fsp3) is 0.562. The second kappa shape index (κ2) is 6.73. The minimum absolute atomic E-state index is 0.354. The number of benzene rings is 1. The Balaban J connectivity index is 2.09. The number of ether oxygens (including phenoxy) is 1. The van der Waals surface area contributed by atoms with Crippen LogP contribution in [-0.2, 0) is 6.54 Å². The smallest absolute Gasteiger partial charge is 0.129 e. The number of nitrogens with zero attached hydrogens (tertiary/aromatic N) is 1. The Hall–Kier alpha value is -1.17. The number of likely N-dealkylation sites (tertiary alicyclic amines) is 1. The first-order valence-corrected chi connectivity index (χ1v) is 7.73. The maximum absolute atomic E-state index is 10.1. The standard InChI is InChI=1S/C16H24N2O2S/c1-16(19)6-3-8-18(9-7-16)11-12-4-5-14(20-2)13(10-12)15(17)21/h4-5,10,19H,3,6-9,11H2,1-2H3,(H2,17,21). The number of rotatable bonds is 4. The lowest BCUT2D eigenvalue weighted by Crippen LogP contribution is -2.28. The van der Waals surface area contributed by atoms with Gasteiger partial charge in [-0.1, -0.05) is 18.3 Å². The molecule has 0 radical (unpaired) electrons. The third-order valence-corrected chi connectivity index (χ3v) is 4.31. The Morgan fingerprint density at radius 3 is 2.86 bits per heavy atom. The highest BCUT2D eigenvalue weighted by Gasteiger charge is 2.24. The molecule has 5 heteroatoms. The summed E-state index contributed by atoms with van der Waals surface area (Å²) in [6.45, 7) is 4.68. The molecule has 1 saturated heterocycles. The molecule has 1 aromatic carbocycles. The molecule has 1 unspecified atom stereocenters. The molecule has 3 N–H and O–H groups in total.